The Morgan fingerprint density at radius 1 is 1.24 bits per heavy atom. The maximum absolute atomic E-state index is 12.9. The van der Waals surface area contributed by atoms with Crippen molar-refractivity contribution < 1.29 is 4.79 Å². The van der Waals surface area contributed by atoms with Gasteiger partial charge in [-0.3, -0.25) is 4.79 Å². The monoisotopic (exact) mass is 304 g/mol. The highest BCUT2D eigenvalue weighted by Crippen LogP contribution is 2.50. The Labute approximate surface area is 130 Å². The third-order valence-electron chi connectivity index (χ3n) is 5.18. The summed E-state index contributed by atoms with van der Waals surface area (Å²) < 4.78 is 0. The minimum Gasteiger partial charge on any atom is -0.338 e. The van der Waals surface area contributed by atoms with E-state index in [9.17, 15) is 4.79 Å². The molecule has 1 aromatic rings. The average molecular weight is 305 g/mol. The van der Waals surface area contributed by atoms with Crippen molar-refractivity contribution in [3.63, 3.8) is 0 Å². The summed E-state index contributed by atoms with van der Waals surface area (Å²) in [5, 5.41) is 4.13. The molecule has 1 amide bonds. The zero-order chi connectivity index (χ0) is 14.4. The lowest BCUT2D eigenvalue weighted by Gasteiger charge is -2.24. The molecule has 1 N–H and O–H groups in total. The number of piperidine rings is 1. The van der Waals surface area contributed by atoms with E-state index in [1.807, 2.05) is 24.3 Å². The molecule has 2 aliphatic carbocycles. The summed E-state index contributed by atoms with van der Waals surface area (Å²) >= 11 is 6.27. The molecule has 4 rings (SSSR count). The van der Waals surface area contributed by atoms with Gasteiger partial charge in [-0.15, -0.1) is 0 Å². The maximum Gasteiger partial charge on any atom is 0.226 e. The van der Waals surface area contributed by atoms with E-state index < -0.39 is 0 Å². The zero-order valence-corrected chi connectivity index (χ0v) is 12.9. The lowest BCUT2D eigenvalue weighted by molar-refractivity contribution is -0.134. The number of carbonyl (C=O) groups excluding carboxylic acids is 1. The summed E-state index contributed by atoms with van der Waals surface area (Å²) in [4.78, 5) is 14.9. The molecule has 1 heterocycles. The molecule has 3 fully saturated rings. The third kappa shape index (κ3) is 2.69. The first-order valence-corrected chi connectivity index (χ1v) is 8.35. The van der Waals surface area contributed by atoms with Gasteiger partial charge in [0.15, 0.2) is 0 Å². The molecule has 3 nitrogen and oxygen atoms in total. The Balaban J connectivity index is 1.48. The largest absolute Gasteiger partial charge is 0.338 e. The predicted octanol–water partition coefficient (Wildman–Crippen LogP) is 2.54. The average Bonchev–Trinajstić information content (AvgIpc) is 3.39. The normalized spacial score (nSPS) is 30.0. The predicted molar refractivity (Wildman–Crippen MR) is 82.9 cm³/mol. The van der Waals surface area contributed by atoms with Crippen molar-refractivity contribution in [1.82, 2.24) is 10.2 Å². The standard InChI is InChI=1S/C17H21ClN2O/c18-15-4-2-1-3-12(15)10-20(9-11-5-6-11)17(21)16-13-7-19-8-14(13)16/h1-4,11,13-14,16,19H,5-10H2/t13-,14+,16?. The number of nitrogens with one attached hydrogen (secondary N) is 1. The van der Waals surface area contributed by atoms with Crippen LogP contribution in [-0.4, -0.2) is 30.4 Å². The van der Waals surface area contributed by atoms with Crippen molar-refractivity contribution in [2.45, 2.75) is 19.4 Å². The molecular formula is C17H21ClN2O. The van der Waals surface area contributed by atoms with Crippen LogP contribution in [0.4, 0.5) is 0 Å². The molecule has 0 bridgehead atoms. The van der Waals surface area contributed by atoms with Gasteiger partial charge in [0.1, 0.15) is 0 Å². The summed E-state index contributed by atoms with van der Waals surface area (Å²) in [5.41, 5.74) is 1.07. The van der Waals surface area contributed by atoms with E-state index in [-0.39, 0.29) is 5.92 Å². The molecular weight excluding hydrogens is 284 g/mol. The minimum atomic E-state index is 0.271. The van der Waals surface area contributed by atoms with Crippen molar-refractivity contribution in [1.29, 1.82) is 0 Å². The van der Waals surface area contributed by atoms with Gasteiger partial charge in [0.25, 0.3) is 0 Å². The van der Waals surface area contributed by atoms with Crippen LogP contribution in [0, 0.1) is 23.7 Å². The van der Waals surface area contributed by atoms with Crippen LogP contribution < -0.4 is 5.32 Å². The van der Waals surface area contributed by atoms with Crippen LogP contribution in [0.5, 0.6) is 0 Å². The lowest BCUT2D eigenvalue weighted by Crippen LogP contribution is -2.36. The molecule has 21 heavy (non-hydrogen) atoms. The van der Waals surface area contributed by atoms with Crippen LogP contribution in [-0.2, 0) is 11.3 Å². The van der Waals surface area contributed by atoms with E-state index >= 15 is 0 Å². The molecule has 0 radical (unpaired) electrons. The van der Waals surface area contributed by atoms with Gasteiger partial charge >= 0.3 is 0 Å². The van der Waals surface area contributed by atoms with Gasteiger partial charge in [0, 0.05) is 24.0 Å². The topological polar surface area (TPSA) is 32.3 Å². The van der Waals surface area contributed by atoms with Gasteiger partial charge < -0.3 is 10.2 Å². The second-order valence-electron chi connectivity index (χ2n) is 6.77. The molecule has 0 aromatic heterocycles. The van der Waals surface area contributed by atoms with Crippen molar-refractivity contribution in [3.8, 4) is 0 Å². The number of rotatable bonds is 5. The van der Waals surface area contributed by atoms with Gasteiger partial charge in [-0.05, 0) is 55.3 Å². The second-order valence-corrected chi connectivity index (χ2v) is 7.17. The van der Waals surface area contributed by atoms with E-state index in [0.29, 0.717) is 30.2 Å². The van der Waals surface area contributed by atoms with Gasteiger partial charge in [0.05, 0.1) is 0 Å². The molecule has 2 saturated carbocycles. The zero-order valence-electron chi connectivity index (χ0n) is 12.1. The van der Waals surface area contributed by atoms with Crippen molar-refractivity contribution in [2.24, 2.45) is 23.7 Å². The first kappa shape index (κ1) is 13.6. The molecule has 3 atom stereocenters. The number of amides is 1. The molecule has 1 aromatic carbocycles. The summed E-state index contributed by atoms with van der Waals surface area (Å²) in [6.45, 7) is 3.61. The van der Waals surface area contributed by atoms with Crippen molar-refractivity contribution >= 4 is 17.5 Å². The Hall–Kier alpha value is -1.06. The fourth-order valence-electron chi connectivity index (χ4n) is 3.67. The van der Waals surface area contributed by atoms with Crippen LogP contribution in [0.15, 0.2) is 24.3 Å². The van der Waals surface area contributed by atoms with E-state index in [0.717, 1.165) is 30.2 Å². The molecule has 112 valence electrons. The minimum absolute atomic E-state index is 0.271. The summed E-state index contributed by atoms with van der Waals surface area (Å²) in [7, 11) is 0. The Bertz CT molecular complexity index is 547. The molecule has 4 heteroatoms. The Morgan fingerprint density at radius 2 is 1.95 bits per heavy atom. The molecule has 1 unspecified atom stereocenters. The number of benzene rings is 1. The Morgan fingerprint density at radius 3 is 2.62 bits per heavy atom. The maximum atomic E-state index is 12.9. The van der Waals surface area contributed by atoms with E-state index in [2.05, 4.69) is 10.2 Å². The first-order valence-electron chi connectivity index (χ1n) is 7.97. The van der Waals surface area contributed by atoms with Crippen molar-refractivity contribution in [3.05, 3.63) is 34.9 Å². The highest BCUT2D eigenvalue weighted by molar-refractivity contribution is 6.31. The fourth-order valence-corrected chi connectivity index (χ4v) is 3.87. The van der Waals surface area contributed by atoms with Gasteiger partial charge in [-0.2, -0.15) is 0 Å². The van der Waals surface area contributed by atoms with Crippen LogP contribution in [0.1, 0.15) is 18.4 Å². The van der Waals surface area contributed by atoms with Crippen LogP contribution in [0.25, 0.3) is 0 Å². The van der Waals surface area contributed by atoms with Crippen LogP contribution in [0.2, 0.25) is 5.02 Å². The third-order valence-corrected chi connectivity index (χ3v) is 5.55. The van der Waals surface area contributed by atoms with E-state index in [1.165, 1.54) is 12.8 Å². The van der Waals surface area contributed by atoms with Crippen LogP contribution >= 0.6 is 11.6 Å². The molecule has 3 aliphatic rings. The van der Waals surface area contributed by atoms with Gasteiger partial charge in [-0.25, -0.2) is 0 Å². The molecule has 0 spiro atoms. The molecule has 1 saturated heterocycles. The second kappa shape index (κ2) is 5.29. The van der Waals surface area contributed by atoms with Crippen molar-refractivity contribution in [2.75, 3.05) is 19.6 Å². The summed E-state index contributed by atoms with van der Waals surface area (Å²) in [5.74, 6) is 2.52. The summed E-state index contributed by atoms with van der Waals surface area (Å²) in [6, 6.07) is 7.88. The fraction of sp³-hybridized carbons (Fsp3) is 0.588. The van der Waals surface area contributed by atoms with E-state index in [1.54, 1.807) is 0 Å². The number of fused-ring (bicyclic) bond motifs is 1. The van der Waals surface area contributed by atoms with Gasteiger partial charge in [0.2, 0.25) is 5.91 Å². The number of hydrogen-bond donors (Lipinski definition) is 1. The number of carbonyl (C=O) groups is 1. The van der Waals surface area contributed by atoms with Crippen LogP contribution in [0.3, 0.4) is 0 Å². The molecule has 1 aliphatic heterocycles. The summed E-state index contributed by atoms with van der Waals surface area (Å²) in [6.07, 6.45) is 2.54. The van der Waals surface area contributed by atoms with E-state index in [4.69, 9.17) is 11.6 Å². The number of hydrogen-bond acceptors (Lipinski definition) is 2. The highest BCUT2D eigenvalue weighted by Gasteiger charge is 2.58. The number of nitrogens with zero attached hydrogens (tertiary/aromatic N) is 1. The quantitative estimate of drug-likeness (QED) is 0.907. The van der Waals surface area contributed by atoms with Gasteiger partial charge in [-0.1, -0.05) is 29.8 Å². The SMILES string of the molecule is O=C(C1[C@H]2CNC[C@@H]12)N(Cc1ccccc1Cl)CC1CC1. The highest BCUT2D eigenvalue weighted by atomic mass is 35.5. The first-order chi connectivity index (χ1) is 10.2. The lowest BCUT2D eigenvalue weighted by atomic mass is 10.1. The number of halogens is 1. The smallest absolute Gasteiger partial charge is 0.226 e. The Kier molecular flexibility index (Phi) is 3.43.